The monoisotopic (exact) mass is 241 g/mol. The summed E-state index contributed by atoms with van der Waals surface area (Å²) in [4.78, 5) is 15.9. The van der Waals surface area contributed by atoms with E-state index in [4.69, 9.17) is 16.3 Å². The van der Waals surface area contributed by atoms with Gasteiger partial charge in [-0.2, -0.15) is 0 Å². The van der Waals surface area contributed by atoms with E-state index in [1.165, 1.54) is 7.11 Å². The van der Waals surface area contributed by atoms with Gasteiger partial charge >= 0.3 is 5.97 Å². The lowest BCUT2D eigenvalue weighted by atomic mass is 9.74. The van der Waals surface area contributed by atoms with Crippen molar-refractivity contribution in [1.82, 2.24) is 4.98 Å². The van der Waals surface area contributed by atoms with Crippen molar-refractivity contribution in [2.24, 2.45) is 5.92 Å². The van der Waals surface area contributed by atoms with Gasteiger partial charge in [-0.3, -0.25) is 4.79 Å². The Morgan fingerprint density at radius 2 is 2.12 bits per heavy atom. The lowest BCUT2D eigenvalue weighted by Gasteiger charge is -2.30. The first-order valence-corrected chi connectivity index (χ1v) is 5.51. The van der Waals surface area contributed by atoms with Crippen molar-refractivity contribution in [2.75, 3.05) is 7.11 Å². The molecule has 0 aliphatic carbocycles. The summed E-state index contributed by atoms with van der Waals surface area (Å²) in [6, 6.07) is 3.49. The predicted molar refractivity (Wildman–Crippen MR) is 63.5 cm³/mol. The van der Waals surface area contributed by atoms with E-state index in [-0.39, 0.29) is 11.9 Å². The van der Waals surface area contributed by atoms with Crippen LogP contribution in [0.25, 0.3) is 0 Å². The first-order valence-electron chi connectivity index (χ1n) is 5.13. The van der Waals surface area contributed by atoms with Gasteiger partial charge in [0.15, 0.2) is 0 Å². The third-order valence-electron chi connectivity index (χ3n) is 3.09. The van der Waals surface area contributed by atoms with Crippen LogP contribution in [0.3, 0.4) is 0 Å². The van der Waals surface area contributed by atoms with E-state index in [2.05, 4.69) is 4.98 Å². The maximum atomic E-state index is 11.9. The molecule has 1 rings (SSSR count). The van der Waals surface area contributed by atoms with Crippen LogP contribution < -0.4 is 0 Å². The van der Waals surface area contributed by atoms with E-state index in [1.807, 2.05) is 26.8 Å². The van der Waals surface area contributed by atoms with Crippen molar-refractivity contribution >= 4 is 17.6 Å². The largest absolute Gasteiger partial charge is 0.468 e. The zero-order chi connectivity index (χ0) is 12.3. The molecule has 1 unspecified atom stereocenters. The molecule has 0 fully saturated rings. The SMILES string of the molecule is COC(=O)C(C)(c1ccc(Cl)nc1)C(C)C. The summed E-state index contributed by atoms with van der Waals surface area (Å²) < 4.78 is 4.86. The molecule has 0 radical (unpaired) electrons. The number of methoxy groups -OCH3 is 1. The molecule has 0 saturated heterocycles. The van der Waals surface area contributed by atoms with Gasteiger partial charge in [-0.25, -0.2) is 4.98 Å². The Kier molecular flexibility index (Phi) is 3.92. The van der Waals surface area contributed by atoms with Gasteiger partial charge in [0, 0.05) is 6.20 Å². The molecular weight excluding hydrogens is 226 g/mol. The summed E-state index contributed by atoms with van der Waals surface area (Å²) in [6.45, 7) is 5.81. The highest BCUT2D eigenvalue weighted by Crippen LogP contribution is 2.33. The number of carbonyl (C=O) groups excluding carboxylic acids is 1. The van der Waals surface area contributed by atoms with Crippen LogP contribution in [0.2, 0.25) is 5.15 Å². The lowest BCUT2D eigenvalue weighted by molar-refractivity contribution is -0.148. The molecule has 0 saturated carbocycles. The van der Waals surface area contributed by atoms with Crippen LogP contribution in [0.4, 0.5) is 0 Å². The molecule has 1 aromatic rings. The molecule has 0 aliphatic heterocycles. The highest BCUT2D eigenvalue weighted by Gasteiger charge is 2.39. The third-order valence-corrected chi connectivity index (χ3v) is 3.31. The first kappa shape index (κ1) is 13.0. The smallest absolute Gasteiger partial charge is 0.316 e. The highest BCUT2D eigenvalue weighted by atomic mass is 35.5. The van der Waals surface area contributed by atoms with Crippen LogP contribution in [0.5, 0.6) is 0 Å². The maximum absolute atomic E-state index is 11.9. The normalized spacial score (nSPS) is 14.6. The number of pyridine rings is 1. The van der Waals surface area contributed by atoms with Gasteiger partial charge in [0.1, 0.15) is 5.15 Å². The maximum Gasteiger partial charge on any atom is 0.316 e. The molecule has 88 valence electrons. The van der Waals surface area contributed by atoms with Crippen LogP contribution in [-0.4, -0.2) is 18.1 Å². The molecule has 1 aromatic heterocycles. The minimum atomic E-state index is -0.688. The van der Waals surface area contributed by atoms with Gasteiger partial charge in [-0.05, 0) is 24.5 Å². The molecule has 0 amide bonds. The van der Waals surface area contributed by atoms with Crippen molar-refractivity contribution in [2.45, 2.75) is 26.2 Å². The molecule has 4 heteroatoms. The van der Waals surface area contributed by atoms with Crippen LogP contribution in [0, 0.1) is 5.92 Å². The lowest BCUT2D eigenvalue weighted by Crippen LogP contribution is -2.39. The highest BCUT2D eigenvalue weighted by molar-refractivity contribution is 6.29. The number of carbonyl (C=O) groups is 1. The average Bonchev–Trinajstić information content (AvgIpc) is 2.27. The fourth-order valence-corrected chi connectivity index (χ4v) is 1.69. The number of ether oxygens (including phenoxy) is 1. The number of rotatable bonds is 3. The number of hydrogen-bond acceptors (Lipinski definition) is 3. The average molecular weight is 242 g/mol. The number of halogens is 1. The fourth-order valence-electron chi connectivity index (χ4n) is 1.58. The number of aromatic nitrogens is 1. The zero-order valence-corrected chi connectivity index (χ0v) is 10.7. The van der Waals surface area contributed by atoms with Crippen LogP contribution in [-0.2, 0) is 14.9 Å². The predicted octanol–water partition coefficient (Wildman–Crippen LogP) is 2.82. The second-order valence-electron chi connectivity index (χ2n) is 4.22. The van der Waals surface area contributed by atoms with E-state index in [0.29, 0.717) is 5.15 Å². The molecule has 0 aliphatic rings. The van der Waals surface area contributed by atoms with E-state index < -0.39 is 5.41 Å². The molecule has 0 bridgehead atoms. The van der Waals surface area contributed by atoms with Crippen LogP contribution in [0.1, 0.15) is 26.3 Å². The summed E-state index contributed by atoms with van der Waals surface area (Å²) >= 11 is 5.73. The Morgan fingerprint density at radius 1 is 1.50 bits per heavy atom. The zero-order valence-electron chi connectivity index (χ0n) is 9.95. The Bertz CT molecular complexity index is 375. The van der Waals surface area contributed by atoms with Crippen molar-refractivity contribution in [1.29, 1.82) is 0 Å². The van der Waals surface area contributed by atoms with Crippen molar-refractivity contribution in [3.8, 4) is 0 Å². The minimum Gasteiger partial charge on any atom is -0.468 e. The molecule has 0 N–H and O–H groups in total. The number of nitrogens with zero attached hydrogens (tertiary/aromatic N) is 1. The molecule has 16 heavy (non-hydrogen) atoms. The van der Waals surface area contributed by atoms with E-state index in [9.17, 15) is 4.79 Å². The van der Waals surface area contributed by atoms with Gasteiger partial charge < -0.3 is 4.74 Å². The van der Waals surface area contributed by atoms with Crippen LogP contribution in [0.15, 0.2) is 18.3 Å². The van der Waals surface area contributed by atoms with Crippen molar-refractivity contribution in [3.63, 3.8) is 0 Å². The second kappa shape index (κ2) is 4.83. The molecule has 0 aromatic carbocycles. The van der Waals surface area contributed by atoms with Gasteiger partial charge in [0.25, 0.3) is 0 Å². The Balaban J connectivity index is 3.21. The third kappa shape index (κ3) is 2.19. The quantitative estimate of drug-likeness (QED) is 0.604. The summed E-state index contributed by atoms with van der Waals surface area (Å²) in [7, 11) is 1.40. The standard InChI is InChI=1S/C12H16ClNO2/c1-8(2)12(3,11(15)16-4)9-5-6-10(13)14-7-9/h5-8H,1-4H3. The Labute approximate surface area is 101 Å². The topological polar surface area (TPSA) is 39.2 Å². The van der Waals surface area contributed by atoms with E-state index in [1.54, 1.807) is 12.3 Å². The molecule has 0 spiro atoms. The summed E-state index contributed by atoms with van der Waals surface area (Å²) in [5.74, 6) is -0.144. The van der Waals surface area contributed by atoms with E-state index >= 15 is 0 Å². The van der Waals surface area contributed by atoms with Crippen molar-refractivity contribution < 1.29 is 9.53 Å². The summed E-state index contributed by atoms with van der Waals surface area (Å²) in [6.07, 6.45) is 1.62. The van der Waals surface area contributed by atoms with E-state index in [0.717, 1.165) is 5.56 Å². The molecule has 3 nitrogen and oxygen atoms in total. The Morgan fingerprint density at radius 3 is 2.50 bits per heavy atom. The van der Waals surface area contributed by atoms with Gasteiger partial charge in [0.05, 0.1) is 12.5 Å². The summed E-state index contributed by atoms with van der Waals surface area (Å²) in [5.41, 5.74) is 0.130. The van der Waals surface area contributed by atoms with Crippen LogP contribution >= 0.6 is 11.6 Å². The fraction of sp³-hybridized carbons (Fsp3) is 0.500. The number of hydrogen-bond donors (Lipinski definition) is 0. The van der Waals surface area contributed by atoms with Gasteiger partial charge in [-0.1, -0.05) is 31.5 Å². The van der Waals surface area contributed by atoms with Crippen molar-refractivity contribution in [3.05, 3.63) is 29.0 Å². The number of esters is 1. The summed E-state index contributed by atoms with van der Waals surface area (Å²) in [5, 5.41) is 0.416. The van der Waals surface area contributed by atoms with Gasteiger partial charge in [-0.15, -0.1) is 0 Å². The minimum absolute atomic E-state index is 0.114. The molecule has 1 atom stereocenters. The first-order chi connectivity index (χ1) is 7.42. The van der Waals surface area contributed by atoms with Gasteiger partial charge in [0.2, 0.25) is 0 Å². The Hall–Kier alpha value is -1.09. The molecular formula is C12H16ClNO2. The second-order valence-corrected chi connectivity index (χ2v) is 4.61. The molecule has 1 heterocycles.